The van der Waals surface area contributed by atoms with E-state index >= 15 is 0 Å². The highest BCUT2D eigenvalue weighted by Crippen LogP contribution is 2.21. The summed E-state index contributed by atoms with van der Waals surface area (Å²) in [7, 11) is 2.09. The zero-order valence-corrected chi connectivity index (χ0v) is 11.9. The number of ether oxygens (including phenoxy) is 1. The van der Waals surface area contributed by atoms with Crippen LogP contribution in [0.3, 0.4) is 0 Å². The van der Waals surface area contributed by atoms with E-state index in [1.54, 1.807) is 6.92 Å². The van der Waals surface area contributed by atoms with E-state index < -0.39 is 5.97 Å². The van der Waals surface area contributed by atoms with Gasteiger partial charge in [0.25, 0.3) is 0 Å². The number of nitrogens with one attached hydrogen (secondary N) is 2. The van der Waals surface area contributed by atoms with Crippen molar-refractivity contribution in [1.29, 1.82) is 0 Å². The Morgan fingerprint density at radius 1 is 1.26 bits per heavy atom. The number of carbonyl (C=O) groups is 2. The first-order chi connectivity index (χ1) is 9.13. The molecule has 0 aromatic carbocycles. The number of urea groups is 1. The normalized spacial score (nSPS) is 15.5. The first-order valence-electron chi connectivity index (χ1n) is 7.01. The molecule has 110 valence electrons. The summed E-state index contributed by atoms with van der Waals surface area (Å²) >= 11 is 0. The molecule has 0 aromatic heterocycles. The Labute approximate surface area is 114 Å². The van der Waals surface area contributed by atoms with Gasteiger partial charge in [0, 0.05) is 19.1 Å². The highest BCUT2D eigenvalue weighted by atomic mass is 16.5. The van der Waals surface area contributed by atoms with E-state index in [9.17, 15) is 9.59 Å². The summed E-state index contributed by atoms with van der Waals surface area (Å²) < 4.78 is 4.71. The van der Waals surface area contributed by atoms with Gasteiger partial charge in [-0.15, -0.1) is 0 Å². The van der Waals surface area contributed by atoms with Gasteiger partial charge in [0.1, 0.15) is 6.54 Å². The number of hydrogen-bond acceptors (Lipinski definition) is 4. The Morgan fingerprint density at radius 2 is 1.95 bits per heavy atom. The van der Waals surface area contributed by atoms with Gasteiger partial charge in [0.2, 0.25) is 0 Å². The van der Waals surface area contributed by atoms with Crippen molar-refractivity contribution >= 4 is 12.0 Å². The van der Waals surface area contributed by atoms with Crippen LogP contribution in [0, 0.1) is 0 Å². The summed E-state index contributed by atoms with van der Waals surface area (Å²) in [6, 6.07) is 0.331. The van der Waals surface area contributed by atoms with E-state index in [-0.39, 0.29) is 12.6 Å². The number of carbonyl (C=O) groups excluding carboxylic acids is 2. The fourth-order valence-corrected chi connectivity index (χ4v) is 2.30. The first-order valence-corrected chi connectivity index (χ1v) is 7.01. The van der Waals surface area contributed by atoms with Crippen LogP contribution in [0.4, 0.5) is 4.79 Å². The lowest BCUT2D eigenvalue weighted by molar-refractivity contribution is -0.141. The van der Waals surface area contributed by atoms with Gasteiger partial charge < -0.3 is 20.3 Å². The molecule has 2 amide bonds. The second-order valence-electron chi connectivity index (χ2n) is 4.83. The molecule has 1 aliphatic rings. The smallest absolute Gasteiger partial charge is 0.325 e. The lowest BCUT2D eigenvalue weighted by Crippen LogP contribution is -2.43. The van der Waals surface area contributed by atoms with Crippen LogP contribution in [0.15, 0.2) is 0 Å². The van der Waals surface area contributed by atoms with Crippen molar-refractivity contribution < 1.29 is 14.3 Å². The number of likely N-dealkylation sites (N-methyl/N-ethyl adjacent to an activating group) is 1. The third kappa shape index (κ3) is 6.42. The third-order valence-corrected chi connectivity index (χ3v) is 3.40. The highest BCUT2D eigenvalue weighted by Gasteiger charge is 2.18. The van der Waals surface area contributed by atoms with Gasteiger partial charge in [-0.2, -0.15) is 0 Å². The lowest BCUT2D eigenvalue weighted by atomic mass is 10.2. The van der Waals surface area contributed by atoms with Crippen molar-refractivity contribution in [3.63, 3.8) is 0 Å². The van der Waals surface area contributed by atoms with Gasteiger partial charge in [0.15, 0.2) is 0 Å². The molecule has 0 aromatic rings. The average Bonchev–Trinajstić information content (AvgIpc) is 2.90. The Kier molecular flexibility index (Phi) is 7.25. The quantitative estimate of drug-likeness (QED) is 0.670. The summed E-state index contributed by atoms with van der Waals surface area (Å²) in [5.74, 6) is -0.416. The highest BCUT2D eigenvalue weighted by molar-refractivity contribution is 5.80. The summed E-state index contributed by atoms with van der Waals surface area (Å²) in [6.45, 7) is 3.39. The third-order valence-electron chi connectivity index (χ3n) is 3.40. The molecule has 0 heterocycles. The lowest BCUT2D eigenvalue weighted by Gasteiger charge is -2.23. The van der Waals surface area contributed by atoms with Crippen LogP contribution in [-0.4, -0.2) is 56.2 Å². The van der Waals surface area contributed by atoms with Gasteiger partial charge in [-0.1, -0.05) is 12.8 Å². The maximum Gasteiger partial charge on any atom is 0.325 e. The molecule has 0 bridgehead atoms. The average molecular weight is 271 g/mol. The SMILES string of the molecule is CCOC(=O)CNC(=O)NCCN(C)C1CCCC1. The van der Waals surface area contributed by atoms with E-state index in [1.807, 2.05) is 0 Å². The molecule has 0 saturated heterocycles. The number of esters is 1. The van der Waals surface area contributed by atoms with E-state index in [0.717, 1.165) is 6.54 Å². The number of rotatable bonds is 7. The van der Waals surface area contributed by atoms with Crippen LogP contribution in [0.25, 0.3) is 0 Å². The van der Waals surface area contributed by atoms with Crippen LogP contribution in [-0.2, 0) is 9.53 Å². The van der Waals surface area contributed by atoms with Crippen molar-refractivity contribution in [2.24, 2.45) is 0 Å². The maximum absolute atomic E-state index is 11.4. The molecular formula is C13H25N3O3. The van der Waals surface area contributed by atoms with Crippen LogP contribution >= 0.6 is 0 Å². The van der Waals surface area contributed by atoms with Crippen molar-refractivity contribution in [3.8, 4) is 0 Å². The first kappa shape index (κ1) is 15.8. The monoisotopic (exact) mass is 271 g/mol. The molecule has 19 heavy (non-hydrogen) atoms. The van der Waals surface area contributed by atoms with E-state index in [2.05, 4.69) is 22.6 Å². The molecular weight excluding hydrogens is 246 g/mol. The van der Waals surface area contributed by atoms with Crippen molar-refractivity contribution in [1.82, 2.24) is 15.5 Å². The molecule has 6 nitrogen and oxygen atoms in total. The zero-order chi connectivity index (χ0) is 14.1. The van der Waals surface area contributed by atoms with Crippen molar-refractivity contribution in [2.45, 2.75) is 38.6 Å². The Hall–Kier alpha value is -1.30. The summed E-state index contributed by atoms with van der Waals surface area (Å²) in [4.78, 5) is 24.7. The molecule has 0 atom stereocenters. The minimum absolute atomic E-state index is 0.0852. The standard InChI is InChI=1S/C13H25N3O3/c1-3-19-12(17)10-15-13(18)14-8-9-16(2)11-6-4-5-7-11/h11H,3-10H2,1-2H3,(H2,14,15,18). The van der Waals surface area contributed by atoms with Crippen LogP contribution in [0.2, 0.25) is 0 Å². The summed E-state index contributed by atoms with van der Waals surface area (Å²) in [5, 5.41) is 5.20. The second-order valence-corrected chi connectivity index (χ2v) is 4.83. The topological polar surface area (TPSA) is 70.7 Å². The molecule has 2 N–H and O–H groups in total. The molecule has 1 saturated carbocycles. The number of nitrogens with zero attached hydrogens (tertiary/aromatic N) is 1. The summed E-state index contributed by atoms with van der Waals surface area (Å²) in [6.07, 6.45) is 5.13. The Balaban J connectivity index is 2.04. The molecule has 0 radical (unpaired) electrons. The van der Waals surface area contributed by atoms with E-state index in [1.165, 1.54) is 25.7 Å². The van der Waals surface area contributed by atoms with Gasteiger partial charge in [-0.3, -0.25) is 4.79 Å². The predicted molar refractivity (Wildman–Crippen MR) is 72.9 cm³/mol. The molecule has 0 aliphatic heterocycles. The van der Waals surface area contributed by atoms with E-state index in [0.29, 0.717) is 19.2 Å². The summed E-state index contributed by atoms with van der Waals surface area (Å²) in [5.41, 5.74) is 0. The minimum atomic E-state index is -0.416. The van der Waals surface area contributed by atoms with Crippen LogP contribution in [0.1, 0.15) is 32.6 Å². The van der Waals surface area contributed by atoms with Crippen LogP contribution < -0.4 is 10.6 Å². The zero-order valence-electron chi connectivity index (χ0n) is 11.9. The molecule has 1 fully saturated rings. The molecule has 0 spiro atoms. The minimum Gasteiger partial charge on any atom is -0.465 e. The second kappa shape index (κ2) is 8.74. The van der Waals surface area contributed by atoms with Gasteiger partial charge in [-0.05, 0) is 26.8 Å². The molecule has 0 unspecified atom stereocenters. The molecule has 6 heteroatoms. The van der Waals surface area contributed by atoms with Crippen LogP contribution in [0.5, 0.6) is 0 Å². The maximum atomic E-state index is 11.4. The van der Waals surface area contributed by atoms with E-state index in [4.69, 9.17) is 4.74 Å². The van der Waals surface area contributed by atoms with Crippen molar-refractivity contribution in [2.75, 3.05) is 33.3 Å². The predicted octanol–water partition coefficient (Wildman–Crippen LogP) is 0.723. The fraction of sp³-hybridized carbons (Fsp3) is 0.846. The molecule has 1 aliphatic carbocycles. The van der Waals surface area contributed by atoms with Gasteiger partial charge in [-0.25, -0.2) is 4.79 Å². The fourth-order valence-electron chi connectivity index (χ4n) is 2.30. The van der Waals surface area contributed by atoms with Gasteiger partial charge >= 0.3 is 12.0 Å². The number of hydrogen-bond donors (Lipinski definition) is 2. The Bertz CT molecular complexity index is 291. The largest absolute Gasteiger partial charge is 0.465 e. The molecule has 1 rings (SSSR count). The van der Waals surface area contributed by atoms with Gasteiger partial charge in [0.05, 0.1) is 6.61 Å². The number of amides is 2. The Morgan fingerprint density at radius 3 is 2.58 bits per heavy atom. The van der Waals surface area contributed by atoms with Crippen molar-refractivity contribution in [3.05, 3.63) is 0 Å².